The maximum absolute atomic E-state index is 11.3. The minimum Gasteiger partial charge on any atom is -0.481 e. The van der Waals surface area contributed by atoms with Crippen LogP contribution in [-0.4, -0.2) is 43.8 Å². The lowest BCUT2D eigenvalue weighted by Crippen LogP contribution is -2.21. The Hall–Kier alpha value is -1.92. The molecule has 0 aliphatic carbocycles. The summed E-state index contributed by atoms with van der Waals surface area (Å²) in [6.07, 6.45) is 2.20. The highest BCUT2D eigenvalue weighted by atomic mass is 16.5. The second kappa shape index (κ2) is 10.8. The summed E-state index contributed by atoms with van der Waals surface area (Å²) in [6.45, 7) is 3.02. The van der Waals surface area contributed by atoms with Crippen LogP contribution in [0.25, 0.3) is 0 Å². The van der Waals surface area contributed by atoms with Gasteiger partial charge in [0.1, 0.15) is 0 Å². The average molecular weight is 308 g/mol. The first-order chi connectivity index (χ1) is 10.6. The van der Waals surface area contributed by atoms with Crippen LogP contribution in [0.4, 0.5) is 0 Å². The molecule has 0 spiro atoms. The molecule has 6 heteroatoms. The Labute approximate surface area is 130 Å². The number of unbranched alkanes of at least 4 members (excludes halogenated alkanes) is 1. The maximum atomic E-state index is 11.3. The van der Waals surface area contributed by atoms with Crippen molar-refractivity contribution in [3.63, 3.8) is 0 Å². The first kappa shape index (κ1) is 18.1. The van der Waals surface area contributed by atoms with Gasteiger partial charge >= 0.3 is 11.9 Å². The SMILES string of the molecule is COC(=O)c1ccc(CNCCCCNCCC(=O)O)cc1. The fourth-order valence-electron chi connectivity index (χ4n) is 1.93. The molecule has 22 heavy (non-hydrogen) atoms. The first-order valence-corrected chi connectivity index (χ1v) is 7.44. The lowest BCUT2D eigenvalue weighted by Gasteiger charge is -2.06. The van der Waals surface area contributed by atoms with Gasteiger partial charge in [0.05, 0.1) is 19.1 Å². The van der Waals surface area contributed by atoms with Gasteiger partial charge in [0.2, 0.25) is 0 Å². The Morgan fingerprint density at radius 3 is 2.27 bits per heavy atom. The van der Waals surface area contributed by atoms with Crippen molar-refractivity contribution in [1.29, 1.82) is 0 Å². The molecule has 0 heterocycles. The smallest absolute Gasteiger partial charge is 0.337 e. The van der Waals surface area contributed by atoms with Gasteiger partial charge in [-0.2, -0.15) is 0 Å². The quantitative estimate of drug-likeness (QED) is 0.423. The minimum atomic E-state index is -0.771. The number of carbonyl (C=O) groups is 2. The first-order valence-electron chi connectivity index (χ1n) is 7.44. The third-order valence-electron chi connectivity index (χ3n) is 3.18. The van der Waals surface area contributed by atoms with Gasteiger partial charge in [0.25, 0.3) is 0 Å². The highest BCUT2D eigenvalue weighted by Crippen LogP contribution is 2.05. The standard InChI is InChI=1S/C16H24N2O4/c1-22-16(21)14-6-4-13(5-7-14)12-18-10-3-2-9-17-11-8-15(19)20/h4-7,17-18H,2-3,8-12H2,1H3,(H,19,20). The van der Waals surface area contributed by atoms with Crippen LogP contribution >= 0.6 is 0 Å². The number of ether oxygens (including phenoxy) is 1. The lowest BCUT2D eigenvalue weighted by molar-refractivity contribution is -0.136. The van der Waals surface area contributed by atoms with Crippen molar-refractivity contribution in [3.05, 3.63) is 35.4 Å². The Bertz CT molecular complexity index is 460. The Balaban J connectivity index is 2.05. The number of hydrogen-bond donors (Lipinski definition) is 3. The number of benzene rings is 1. The van der Waals surface area contributed by atoms with E-state index in [1.807, 2.05) is 12.1 Å². The van der Waals surface area contributed by atoms with Crippen molar-refractivity contribution in [2.45, 2.75) is 25.8 Å². The second-order valence-corrected chi connectivity index (χ2v) is 4.97. The summed E-state index contributed by atoms with van der Waals surface area (Å²) in [5.41, 5.74) is 1.67. The second-order valence-electron chi connectivity index (χ2n) is 4.97. The van der Waals surface area contributed by atoms with E-state index in [2.05, 4.69) is 15.4 Å². The van der Waals surface area contributed by atoms with E-state index in [1.165, 1.54) is 7.11 Å². The van der Waals surface area contributed by atoms with Gasteiger partial charge in [-0.25, -0.2) is 4.79 Å². The number of nitrogens with one attached hydrogen (secondary N) is 2. The molecular weight excluding hydrogens is 284 g/mol. The summed E-state index contributed by atoms with van der Waals surface area (Å²) in [7, 11) is 1.37. The van der Waals surface area contributed by atoms with E-state index in [1.54, 1.807) is 12.1 Å². The minimum absolute atomic E-state index is 0.166. The van der Waals surface area contributed by atoms with Crippen LogP contribution in [0.3, 0.4) is 0 Å². The van der Waals surface area contributed by atoms with Gasteiger partial charge in [-0.15, -0.1) is 0 Å². The molecule has 0 saturated heterocycles. The normalized spacial score (nSPS) is 10.4. The van der Waals surface area contributed by atoms with E-state index in [9.17, 15) is 9.59 Å². The topological polar surface area (TPSA) is 87.7 Å². The van der Waals surface area contributed by atoms with Crippen LogP contribution in [0.15, 0.2) is 24.3 Å². The molecule has 0 amide bonds. The van der Waals surface area contributed by atoms with Gasteiger partial charge < -0.3 is 20.5 Å². The van der Waals surface area contributed by atoms with Crippen LogP contribution in [-0.2, 0) is 16.1 Å². The molecule has 3 N–H and O–H groups in total. The molecule has 6 nitrogen and oxygen atoms in total. The average Bonchev–Trinajstić information content (AvgIpc) is 2.53. The predicted molar refractivity (Wildman–Crippen MR) is 83.8 cm³/mol. The zero-order valence-electron chi connectivity index (χ0n) is 12.9. The van der Waals surface area contributed by atoms with Gasteiger partial charge in [0, 0.05) is 13.1 Å². The summed E-state index contributed by atoms with van der Waals surface area (Å²) in [4.78, 5) is 21.6. The summed E-state index contributed by atoms with van der Waals surface area (Å²) in [5.74, 6) is -1.10. The van der Waals surface area contributed by atoms with Gasteiger partial charge in [-0.3, -0.25) is 4.79 Å². The number of carboxylic acid groups (broad SMARTS) is 1. The molecule has 0 radical (unpaired) electrons. The largest absolute Gasteiger partial charge is 0.481 e. The molecule has 0 fully saturated rings. The fraction of sp³-hybridized carbons (Fsp3) is 0.500. The van der Waals surface area contributed by atoms with Crippen molar-refractivity contribution in [2.75, 3.05) is 26.7 Å². The number of rotatable bonds is 11. The summed E-state index contributed by atoms with van der Waals surface area (Å²) in [6, 6.07) is 7.34. The van der Waals surface area contributed by atoms with E-state index >= 15 is 0 Å². The van der Waals surface area contributed by atoms with E-state index in [4.69, 9.17) is 5.11 Å². The van der Waals surface area contributed by atoms with E-state index < -0.39 is 5.97 Å². The van der Waals surface area contributed by atoms with E-state index in [-0.39, 0.29) is 12.4 Å². The van der Waals surface area contributed by atoms with Crippen LogP contribution in [0.2, 0.25) is 0 Å². The molecule has 0 aromatic heterocycles. The van der Waals surface area contributed by atoms with Gasteiger partial charge in [0.15, 0.2) is 0 Å². The van der Waals surface area contributed by atoms with Crippen LogP contribution in [0.1, 0.15) is 35.2 Å². The number of hydrogen-bond acceptors (Lipinski definition) is 5. The van der Waals surface area contributed by atoms with Gasteiger partial charge in [-0.05, 0) is 43.6 Å². The molecule has 0 aliphatic heterocycles. The predicted octanol–water partition coefficient (Wildman–Crippen LogP) is 1.41. The molecule has 0 aliphatic rings. The number of aliphatic carboxylic acids is 1. The summed E-state index contributed by atoms with van der Waals surface area (Å²) < 4.78 is 4.65. The van der Waals surface area contributed by atoms with Crippen LogP contribution in [0.5, 0.6) is 0 Å². The molecule has 0 bridgehead atoms. The lowest BCUT2D eigenvalue weighted by atomic mass is 10.1. The van der Waals surface area contributed by atoms with Crippen molar-refractivity contribution in [2.24, 2.45) is 0 Å². The van der Waals surface area contributed by atoms with E-state index in [0.717, 1.165) is 38.0 Å². The van der Waals surface area contributed by atoms with Crippen LogP contribution in [0, 0.1) is 0 Å². The molecule has 1 aromatic rings. The molecule has 122 valence electrons. The third kappa shape index (κ3) is 7.75. The highest BCUT2D eigenvalue weighted by molar-refractivity contribution is 5.89. The van der Waals surface area contributed by atoms with Crippen molar-refractivity contribution in [1.82, 2.24) is 10.6 Å². The van der Waals surface area contributed by atoms with Gasteiger partial charge in [-0.1, -0.05) is 12.1 Å². The summed E-state index contributed by atoms with van der Waals surface area (Å²) >= 11 is 0. The Morgan fingerprint density at radius 2 is 1.68 bits per heavy atom. The van der Waals surface area contributed by atoms with Crippen molar-refractivity contribution < 1.29 is 19.4 Å². The zero-order valence-corrected chi connectivity index (χ0v) is 12.9. The fourth-order valence-corrected chi connectivity index (χ4v) is 1.93. The van der Waals surface area contributed by atoms with Crippen LogP contribution < -0.4 is 10.6 Å². The molecule has 0 atom stereocenters. The number of methoxy groups -OCH3 is 1. The number of carboxylic acids is 1. The zero-order chi connectivity index (χ0) is 16.2. The molecule has 1 aromatic carbocycles. The molecule has 1 rings (SSSR count). The molecule has 0 unspecified atom stereocenters. The molecular formula is C16H24N2O4. The number of carbonyl (C=O) groups excluding carboxylic acids is 1. The third-order valence-corrected chi connectivity index (χ3v) is 3.18. The van der Waals surface area contributed by atoms with Crippen molar-refractivity contribution >= 4 is 11.9 Å². The Kier molecular flexibility index (Phi) is 8.86. The molecule has 0 saturated carbocycles. The number of esters is 1. The monoisotopic (exact) mass is 308 g/mol. The Morgan fingerprint density at radius 1 is 1.05 bits per heavy atom. The van der Waals surface area contributed by atoms with E-state index in [0.29, 0.717) is 12.1 Å². The van der Waals surface area contributed by atoms with Crippen molar-refractivity contribution in [3.8, 4) is 0 Å². The summed E-state index contributed by atoms with van der Waals surface area (Å²) in [5, 5.41) is 14.9. The highest BCUT2D eigenvalue weighted by Gasteiger charge is 2.03. The maximum Gasteiger partial charge on any atom is 0.337 e.